The molecule has 0 aliphatic rings. The van der Waals surface area contributed by atoms with Gasteiger partial charge in [-0.2, -0.15) is 5.10 Å². The van der Waals surface area contributed by atoms with E-state index in [4.69, 9.17) is 0 Å². The van der Waals surface area contributed by atoms with Gasteiger partial charge in [0.1, 0.15) is 0 Å². The van der Waals surface area contributed by atoms with Gasteiger partial charge in [-0.3, -0.25) is 4.68 Å². The van der Waals surface area contributed by atoms with Crippen LogP contribution in [0.5, 0.6) is 0 Å². The normalized spacial score (nSPS) is 10.6. The second-order valence-electron chi connectivity index (χ2n) is 3.44. The first-order chi connectivity index (χ1) is 8.26. The summed E-state index contributed by atoms with van der Waals surface area (Å²) in [6.45, 7) is 12.9. The van der Waals surface area contributed by atoms with E-state index in [1.165, 1.54) is 5.56 Å². The number of allylic oxidation sites excluding steroid dienone is 5. The Balaban J connectivity index is 0.00000121. The molecule has 1 heterocycles. The molecule has 0 aliphatic carbocycles. The Labute approximate surface area is 105 Å². The topological polar surface area (TPSA) is 17.8 Å². The fourth-order valence-corrected chi connectivity index (χ4v) is 1.24. The van der Waals surface area contributed by atoms with Crippen LogP contribution in [0.3, 0.4) is 0 Å². The molecule has 0 spiro atoms. The third kappa shape index (κ3) is 6.56. The number of aromatic nitrogens is 2. The van der Waals surface area contributed by atoms with Gasteiger partial charge in [0.15, 0.2) is 0 Å². The molecule has 0 atom stereocenters. The molecule has 1 rings (SSSR count). The van der Waals surface area contributed by atoms with Crippen molar-refractivity contribution in [1.82, 2.24) is 9.78 Å². The van der Waals surface area contributed by atoms with Crippen LogP contribution in [0.4, 0.5) is 0 Å². The summed E-state index contributed by atoms with van der Waals surface area (Å²) in [5.41, 5.74) is 2.32. The molecule has 2 heteroatoms. The molecule has 0 bridgehead atoms. The van der Waals surface area contributed by atoms with Crippen molar-refractivity contribution in [3.63, 3.8) is 0 Å². The Morgan fingerprint density at radius 2 is 2.12 bits per heavy atom. The van der Waals surface area contributed by atoms with E-state index in [9.17, 15) is 0 Å². The van der Waals surface area contributed by atoms with Crippen LogP contribution >= 0.6 is 0 Å². The molecule has 0 aromatic carbocycles. The maximum Gasteiger partial charge on any atom is 0.0653 e. The summed E-state index contributed by atoms with van der Waals surface area (Å²) in [6, 6.07) is 0. The van der Waals surface area contributed by atoms with Gasteiger partial charge in [0.2, 0.25) is 0 Å². The number of hydrogen-bond acceptors (Lipinski definition) is 1. The summed E-state index contributed by atoms with van der Waals surface area (Å²) in [5, 5.41) is 4.26. The van der Waals surface area contributed by atoms with Gasteiger partial charge < -0.3 is 0 Å². The van der Waals surface area contributed by atoms with Crippen molar-refractivity contribution in [2.75, 3.05) is 0 Å². The number of hydrogen-bond donors (Lipinski definition) is 0. The largest absolute Gasteiger partial charge is 0.268 e. The molecule has 0 saturated carbocycles. The highest BCUT2D eigenvalue weighted by Crippen LogP contribution is 2.02. The average molecular weight is 232 g/mol. The maximum atomic E-state index is 4.26. The van der Waals surface area contributed by atoms with Crippen molar-refractivity contribution in [3.05, 3.63) is 54.4 Å². The van der Waals surface area contributed by atoms with Crippen molar-refractivity contribution in [3.8, 4) is 0 Å². The number of aryl methyl sites for hydroxylation is 1. The van der Waals surface area contributed by atoms with E-state index >= 15 is 0 Å². The molecule has 0 N–H and O–H groups in total. The summed E-state index contributed by atoms with van der Waals surface area (Å²) in [6.07, 6.45) is 13.0. The predicted octanol–water partition coefficient (Wildman–Crippen LogP) is 4.16. The van der Waals surface area contributed by atoms with Crippen LogP contribution in [-0.4, -0.2) is 9.78 Å². The van der Waals surface area contributed by atoms with Gasteiger partial charge in [-0.1, -0.05) is 51.7 Å². The van der Waals surface area contributed by atoms with E-state index in [-0.39, 0.29) is 0 Å². The van der Waals surface area contributed by atoms with Crippen molar-refractivity contribution >= 4 is 0 Å². The molecule has 17 heavy (non-hydrogen) atoms. The second kappa shape index (κ2) is 9.64. The highest BCUT2D eigenvalue weighted by molar-refractivity contribution is 5.19. The van der Waals surface area contributed by atoms with E-state index in [0.29, 0.717) is 0 Å². The Kier molecular flexibility index (Phi) is 8.75. The third-order valence-corrected chi connectivity index (χ3v) is 2.10. The summed E-state index contributed by atoms with van der Waals surface area (Å²) in [5.74, 6) is 0. The van der Waals surface area contributed by atoms with Crippen LogP contribution in [0.2, 0.25) is 0 Å². The SMILES string of the molecule is C=C(/C=C\C=C/C)Cn1cc(CC)cn1.CC. The summed E-state index contributed by atoms with van der Waals surface area (Å²) in [7, 11) is 0. The highest BCUT2D eigenvalue weighted by Gasteiger charge is 1.96. The lowest BCUT2D eigenvalue weighted by molar-refractivity contribution is 0.687. The van der Waals surface area contributed by atoms with E-state index in [2.05, 4.69) is 24.8 Å². The van der Waals surface area contributed by atoms with Crippen molar-refractivity contribution in [2.24, 2.45) is 0 Å². The fourth-order valence-electron chi connectivity index (χ4n) is 1.24. The molecule has 94 valence electrons. The molecular weight excluding hydrogens is 208 g/mol. The van der Waals surface area contributed by atoms with Crippen LogP contribution in [0.1, 0.15) is 33.3 Å². The Bertz CT molecular complexity index is 370. The zero-order chi connectivity index (χ0) is 13.1. The van der Waals surface area contributed by atoms with Crippen LogP contribution in [0.25, 0.3) is 0 Å². The number of nitrogens with zero attached hydrogens (tertiary/aromatic N) is 2. The lowest BCUT2D eigenvalue weighted by Crippen LogP contribution is -1.98. The highest BCUT2D eigenvalue weighted by atomic mass is 15.3. The smallest absolute Gasteiger partial charge is 0.0653 e. The average Bonchev–Trinajstić information content (AvgIpc) is 2.79. The van der Waals surface area contributed by atoms with E-state index < -0.39 is 0 Å². The van der Waals surface area contributed by atoms with Crippen LogP contribution < -0.4 is 0 Å². The molecule has 0 amide bonds. The van der Waals surface area contributed by atoms with E-state index in [1.807, 2.05) is 56.0 Å². The van der Waals surface area contributed by atoms with Crippen LogP contribution in [0, 0.1) is 0 Å². The predicted molar refractivity (Wildman–Crippen MR) is 76.0 cm³/mol. The molecule has 0 fully saturated rings. The summed E-state index contributed by atoms with van der Waals surface area (Å²) >= 11 is 0. The first-order valence-electron chi connectivity index (χ1n) is 6.24. The zero-order valence-corrected chi connectivity index (χ0v) is 11.5. The van der Waals surface area contributed by atoms with Gasteiger partial charge in [-0.15, -0.1) is 0 Å². The molecule has 0 aliphatic heterocycles. The molecule has 0 unspecified atom stereocenters. The Morgan fingerprint density at radius 1 is 1.41 bits per heavy atom. The van der Waals surface area contributed by atoms with E-state index in [1.54, 1.807) is 0 Å². The minimum atomic E-state index is 0.758. The number of rotatable bonds is 5. The van der Waals surface area contributed by atoms with Crippen LogP contribution in [0.15, 0.2) is 48.8 Å². The first kappa shape index (κ1) is 15.4. The minimum absolute atomic E-state index is 0.758. The molecule has 0 radical (unpaired) electrons. The zero-order valence-electron chi connectivity index (χ0n) is 11.5. The molecule has 1 aromatic heterocycles. The molecular formula is C15H24N2. The van der Waals surface area contributed by atoms with Gasteiger partial charge >= 0.3 is 0 Å². The molecule has 1 aromatic rings. The van der Waals surface area contributed by atoms with Gasteiger partial charge in [0.05, 0.1) is 12.7 Å². The molecule has 2 nitrogen and oxygen atoms in total. The van der Waals surface area contributed by atoms with Gasteiger partial charge in [0.25, 0.3) is 0 Å². The maximum absolute atomic E-state index is 4.26. The fraction of sp³-hybridized carbons (Fsp3) is 0.400. The van der Waals surface area contributed by atoms with Gasteiger partial charge in [0, 0.05) is 6.20 Å². The van der Waals surface area contributed by atoms with Gasteiger partial charge in [-0.05, 0) is 24.5 Å². The standard InChI is InChI=1S/C13H18N2.C2H6/c1-4-6-7-8-12(3)10-15-11-13(5-2)9-14-15;1-2/h4,6-9,11H,3,5,10H2,1-2H3;1-2H3/b6-4-,8-7-;. The van der Waals surface area contributed by atoms with E-state index in [0.717, 1.165) is 18.5 Å². The third-order valence-electron chi connectivity index (χ3n) is 2.10. The minimum Gasteiger partial charge on any atom is -0.268 e. The quantitative estimate of drug-likeness (QED) is 0.697. The first-order valence-corrected chi connectivity index (χ1v) is 6.24. The van der Waals surface area contributed by atoms with Gasteiger partial charge in [-0.25, -0.2) is 0 Å². The van der Waals surface area contributed by atoms with Crippen molar-refractivity contribution < 1.29 is 0 Å². The lowest BCUT2D eigenvalue weighted by Gasteiger charge is -1.99. The molecule has 0 saturated heterocycles. The summed E-state index contributed by atoms with van der Waals surface area (Å²) < 4.78 is 1.92. The van der Waals surface area contributed by atoms with Crippen LogP contribution in [-0.2, 0) is 13.0 Å². The van der Waals surface area contributed by atoms with Crippen molar-refractivity contribution in [2.45, 2.75) is 40.7 Å². The monoisotopic (exact) mass is 232 g/mol. The Hall–Kier alpha value is -1.57. The Morgan fingerprint density at radius 3 is 2.65 bits per heavy atom. The second-order valence-corrected chi connectivity index (χ2v) is 3.44. The van der Waals surface area contributed by atoms with Crippen molar-refractivity contribution in [1.29, 1.82) is 0 Å². The lowest BCUT2D eigenvalue weighted by atomic mass is 10.2. The summed E-state index contributed by atoms with van der Waals surface area (Å²) in [4.78, 5) is 0.